The standard InChI is InChI=1S/C10H19NO4/c1-11-10(9(12)13)4-3-8(7-10)15-6-5-14-2/h8,11H,3-7H2,1-2H3,(H,12,13). The minimum atomic E-state index is -0.794. The summed E-state index contributed by atoms with van der Waals surface area (Å²) < 4.78 is 10.4. The lowest BCUT2D eigenvalue weighted by atomic mass is 9.98. The molecule has 0 spiro atoms. The zero-order valence-electron chi connectivity index (χ0n) is 9.28. The lowest BCUT2D eigenvalue weighted by Crippen LogP contribution is -2.48. The predicted molar refractivity (Wildman–Crippen MR) is 54.9 cm³/mol. The fourth-order valence-corrected chi connectivity index (χ4v) is 1.97. The second kappa shape index (κ2) is 5.44. The predicted octanol–water partition coefficient (Wildman–Crippen LogP) is 0.245. The molecule has 5 heteroatoms. The van der Waals surface area contributed by atoms with Gasteiger partial charge in [0.2, 0.25) is 0 Å². The van der Waals surface area contributed by atoms with E-state index in [2.05, 4.69) is 5.32 Å². The van der Waals surface area contributed by atoms with Crippen molar-refractivity contribution in [3.05, 3.63) is 0 Å². The number of methoxy groups -OCH3 is 1. The Hall–Kier alpha value is -0.650. The topological polar surface area (TPSA) is 67.8 Å². The first-order valence-electron chi connectivity index (χ1n) is 5.17. The highest BCUT2D eigenvalue weighted by Gasteiger charge is 2.44. The van der Waals surface area contributed by atoms with Crippen LogP contribution in [0.1, 0.15) is 19.3 Å². The number of hydrogen-bond donors (Lipinski definition) is 2. The Morgan fingerprint density at radius 3 is 2.80 bits per heavy atom. The van der Waals surface area contributed by atoms with Crippen LogP contribution in [0.25, 0.3) is 0 Å². The number of ether oxygens (including phenoxy) is 2. The average molecular weight is 217 g/mol. The molecule has 2 N–H and O–H groups in total. The number of rotatable bonds is 6. The van der Waals surface area contributed by atoms with Crippen LogP contribution in [-0.2, 0) is 14.3 Å². The summed E-state index contributed by atoms with van der Waals surface area (Å²) >= 11 is 0. The molecular weight excluding hydrogens is 198 g/mol. The summed E-state index contributed by atoms with van der Waals surface area (Å²) in [6.45, 7) is 1.08. The fraction of sp³-hybridized carbons (Fsp3) is 0.900. The summed E-state index contributed by atoms with van der Waals surface area (Å²) in [5.41, 5.74) is -0.794. The SMILES string of the molecule is CNC1(C(=O)O)CCC(OCCOC)C1. The minimum absolute atomic E-state index is 0.0312. The van der Waals surface area contributed by atoms with Gasteiger partial charge in [-0.1, -0.05) is 0 Å². The summed E-state index contributed by atoms with van der Waals surface area (Å²) in [7, 11) is 3.30. The molecule has 2 unspecified atom stereocenters. The summed E-state index contributed by atoms with van der Waals surface area (Å²) in [6, 6.07) is 0. The summed E-state index contributed by atoms with van der Waals surface area (Å²) in [5.74, 6) is -0.789. The van der Waals surface area contributed by atoms with Crippen molar-refractivity contribution >= 4 is 5.97 Å². The number of carboxylic acid groups (broad SMARTS) is 1. The molecule has 0 radical (unpaired) electrons. The van der Waals surface area contributed by atoms with Crippen LogP contribution < -0.4 is 5.32 Å². The van der Waals surface area contributed by atoms with Gasteiger partial charge in [0.25, 0.3) is 0 Å². The van der Waals surface area contributed by atoms with Crippen LogP contribution in [0, 0.1) is 0 Å². The maximum absolute atomic E-state index is 11.1. The van der Waals surface area contributed by atoms with Gasteiger partial charge in [-0.3, -0.25) is 4.79 Å². The largest absolute Gasteiger partial charge is 0.480 e. The summed E-state index contributed by atoms with van der Waals surface area (Å²) in [4.78, 5) is 11.1. The molecule has 1 aliphatic rings. The minimum Gasteiger partial charge on any atom is -0.480 e. The van der Waals surface area contributed by atoms with Crippen LogP contribution in [0.2, 0.25) is 0 Å². The monoisotopic (exact) mass is 217 g/mol. The molecule has 1 rings (SSSR count). The maximum atomic E-state index is 11.1. The Morgan fingerprint density at radius 2 is 2.33 bits per heavy atom. The van der Waals surface area contributed by atoms with Gasteiger partial charge in [0, 0.05) is 13.5 Å². The van der Waals surface area contributed by atoms with Crippen molar-refractivity contribution in [2.45, 2.75) is 30.9 Å². The Morgan fingerprint density at radius 1 is 1.60 bits per heavy atom. The highest BCUT2D eigenvalue weighted by Crippen LogP contribution is 2.31. The second-order valence-corrected chi connectivity index (χ2v) is 3.87. The number of aliphatic carboxylic acids is 1. The number of hydrogen-bond acceptors (Lipinski definition) is 4. The molecule has 15 heavy (non-hydrogen) atoms. The molecule has 5 nitrogen and oxygen atoms in total. The van der Waals surface area contributed by atoms with Crippen LogP contribution in [0.15, 0.2) is 0 Å². The Balaban J connectivity index is 2.39. The number of carbonyl (C=O) groups is 1. The van der Waals surface area contributed by atoms with Gasteiger partial charge in [-0.2, -0.15) is 0 Å². The van der Waals surface area contributed by atoms with Gasteiger partial charge in [-0.15, -0.1) is 0 Å². The number of carboxylic acids is 1. The smallest absolute Gasteiger partial charge is 0.323 e. The zero-order chi connectivity index (χ0) is 11.3. The van der Waals surface area contributed by atoms with Gasteiger partial charge in [0.15, 0.2) is 0 Å². The van der Waals surface area contributed by atoms with Crippen molar-refractivity contribution in [1.29, 1.82) is 0 Å². The van der Waals surface area contributed by atoms with Crippen LogP contribution >= 0.6 is 0 Å². The summed E-state index contributed by atoms with van der Waals surface area (Å²) in [6.07, 6.45) is 1.97. The number of nitrogens with one attached hydrogen (secondary N) is 1. The van der Waals surface area contributed by atoms with Crippen LogP contribution in [0.4, 0.5) is 0 Å². The van der Waals surface area contributed by atoms with Gasteiger partial charge in [-0.05, 0) is 19.9 Å². The van der Waals surface area contributed by atoms with E-state index in [9.17, 15) is 4.79 Å². The van der Waals surface area contributed by atoms with E-state index in [0.29, 0.717) is 26.1 Å². The van der Waals surface area contributed by atoms with E-state index >= 15 is 0 Å². The molecule has 1 aliphatic carbocycles. The van der Waals surface area contributed by atoms with Crippen LogP contribution in [0.3, 0.4) is 0 Å². The quantitative estimate of drug-likeness (QED) is 0.624. The molecule has 0 aromatic carbocycles. The zero-order valence-corrected chi connectivity index (χ0v) is 9.28. The van der Waals surface area contributed by atoms with E-state index in [-0.39, 0.29) is 6.10 Å². The molecule has 88 valence electrons. The first-order chi connectivity index (χ1) is 7.14. The van der Waals surface area contributed by atoms with Gasteiger partial charge in [0.1, 0.15) is 5.54 Å². The Labute approximate surface area is 89.8 Å². The lowest BCUT2D eigenvalue weighted by Gasteiger charge is -2.23. The Bertz CT molecular complexity index is 221. The molecule has 0 aromatic heterocycles. The lowest BCUT2D eigenvalue weighted by molar-refractivity contribution is -0.144. The molecule has 0 heterocycles. The molecule has 1 fully saturated rings. The third-order valence-electron chi connectivity index (χ3n) is 3.00. The maximum Gasteiger partial charge on any atom is 0.323 e. The molecule has 0 bridgehead atoms. The van der Waals surface area contributed by atoms with Gasteiger partial charge in [0.05, 0.1) is 19.3 Å². The Kier molecular flexibility index (Phi) is 4.50. The van der Waals surface area contributed by atoms with E-state index in [0.717, 1.165) is 6.42 Å². The highest BCUT2D eigenvalue weighted by atomic mass is 16.5. The van der Waals surface area contributed by atoms with E-state index in [4.69, 9.17) is 14.6 Å². The normalized spacial score (nSPS) is 30.7. The summed E-state index contributed by atoms with van der Waals surface area (Å²) in [5, 5.41) is 12.0. The van der Waals surface area contributed by atoms with E-state index < -0.39 is 11.5 Å². The molecule has 1 saturated carbocycles. The molecule has 0 aliphatic heterocycles. The fourth-order valence-electron chi connectivity index (χ4n) is 1.97. The van der Waals surface area contributed by atoms with E-state index in [1.807, 2.05) is 0 Å². The number of likely N-dealkylation sites (N-methyl/N-ethyl adjacent to an activating group) is 1. The first kappa shape index (κ1) is 12.4. The van der Waals surface area contributed by atoms with Gasteiger partial charge >= 0.3 is 5.97 Å². The molecule has 0 saturated heterocycles. The van der Waals surface area contributed by atoms with Crippen LogP contribution in [-0.4, -0.2) is 50.1 Å². The van der Waals surface area contributed by atoms with Crippen molar-refractivity contribution in [1.82, 2.24) is 5.32 Å². The van der Waals surface area contributed by atoms with E-state index in [1.165, 1.54) is 0 Å². The second-order valence-electron chi connectivity index (χ2n) is 3.87. The third-order valence-corrected chi connectivity index (χ3v) is 3.00. The van der Waals surface area contributed by atoms with Crippen LogP contribution in [0.5, 0.6) is 0 Å². The molecular formula is C10H19NO4. The average Bonchev–Trinajstić information content (AvgIpc) is 2.63. The van der Waals surface area contributed by atoms with Crippen molar-refractivity contribution in [2.75, 3.05) is 27.4 Å². The molecule has 0 aromatic rings. The van der Waals surface area contributed by atoms with Crippen molar-refractivity contribution in [3.63, 3.8) is 0 Å². The first-order valence-corrected chi connectivity index (χ1v) is 5.17. The van der Waals surface area contributed by atoms with Crippen molar-refractivity contribution < 1.29 is 19.4 Å². The van der Waals surface area contributed by atoms with E-state index in [1.54, 1.807) is 14.2 Å². The molecule has 2 atom stereocenters. The van der Waals surface area contributed by atoms with Gasteiger partial charge in [-0.25, -0.2) is 0 Å². The van der Waals surface area contributed by atoms with Gasteiger partial charge < -0.3 is 19.9 Å². The molecule has 0 amide bonds. The third kappa shape index (κ3) is 2.90. The highest BCUT2D eigenvalue weighted by molar-refractivity contribution is 5.79. The van der Waals surface area contributed by atoms with Crippen molar-refractivity contribution in [2.24, 2.45) is 0 Å². The van der Waals surface area contributed by atoms with Crippen molar-refractivity contribution in [3.8, 4) is 0 Å².